The number of hydrogen-bond acceptors (Lipinski definition) is 5. The highest BCUT2D eigenvalue weighted by molar-refractivity contribution is 6.34. The number of alkyl halides is 3. The first kappa shape index (κ1) is 20.7. The van der Waals surface area contributed by atoms with E-state index in [1.165, 1.54) is 18.2 Å². The number of amides is 1. The maximum Gasteiger partial charge on any atom is 0.416 e. The monoisotopic (exact) mass is 414 g/mol. The molecular weight excluding hydrogens is 401 g/mol. The second kappa shape index (κ2) is 8.16. The van der Waals surface area contributed by atoms with Gasteiger partial charge in [-0.2, -0.15) is 13.2 Å². The van der Waals surface area contributed by atoms with Gasteiger partial charge in [0.25, 0.3) is 5.91 Å². The number of benzene rings is 2. The summed E-state index contributed by atoms with van der Waals surface area (Å²) in [6.45, 7) is 0. The molecular formula is C21H13F3N2O4. The third kappa shape index (κ3) is 4.52. The molecule has 3 rings (SSSR count). The summed E-state index contributed by atoms with van der Waals surface area (Å²) in [5.41, 5.74) is 4.84. The Labute approximate surface area is 168 Å². The number of pyridine rings is 1. The normalized spacial score (nSPS) is 11.0. The number of rotatable bonds is 6. The fourth-order valence-electron chi connectivity index (χ4n) is 2.60. The number of aldehydes is 1. The van der Waals surface area contributed by atoms with Gasteiger partial charge in [0.1, 0.15) is 17.2 Å². The number of aromatic nitrogens is 1. The fourth-order valence-corrected chi connectivity index (χ4v) is 2.60. The molecule has 0 aliphatic heterocycles. The maximum absolute atomic E-state index is 12.9. The first-order valence-electron chi connectivity index (χ1n) is 8.45. The van der Waals surface area contributed by atoms with Crippen molar-refractivity contribution in [2.45, 2.75) is 6.18 Å². The first-order valence-corrected chi connectivity index (χ1v) is 8.45. The van der Waals surface area contributed by atoms with Gasteiger partial charge in [0.05, 0.1) is 16.8 Å². The average molecular weight is 414 g/mol. The van der Waals surface area contributed by atoms with E-state index >= 15 is 0 Å². The van der Waals surface area contributed by atoms with Gasteiger partial charge in [-0.3, -0.25) is 14.4 Å². The summed E-state index contributed by atoms with van der Waals surface area (Å²) in [5.74, 6) is -1.79. The van der Waals surface area contributed by atoms with Crippen LogP contribution in [0.4, 0.5) is 13.2 Å². The summed E-state index contributed by atoms with van der Waals surface area (Å²) < 4.78 is 44.2. The van der Waals surface area contributed by atoms with Gasteiger partial charge >= 0.3 is 6.18 Å². The van der Waals surface area contributed by atoms with Crippen LogP contribution in [0.3, 0.4) is 0 Å². The van der Waals surface area contributed by atoms with Gasteiger partial charge < -0.3 is 10.5 Å². The van der Waals surface area contributed by atoms with Crippen molar-refractivity contribution in [2.24, 2.45) is 5.73 Å². The molecule has 0 saturated carbocycles. The smallest absolute Gasteiger partial charge is 0.416 e. The van der Waals surface area contributed by atoms with E-state index in [4.69, 9.17) is 10.5 Å². The van der Waals surface area contributed by atoms with Crippen LogP contribution < -0.4 is 10.5 Å². The standard InChI is InChI=1S/C21H13F3N2O4/c22-21(23,24)13-6-9-19(15(10-13)18(28)11-27)30-14-7-4-12(5-8-14)16-2-1-3-17(26-16)20(25)29/h1-11H,(H2,25,29). The molecule has 30 heavy (non-hydrogen) atoms. The molecule has 1 heterocycles. The zero-order chi connectivity index (χ0) is 21.9. The molecule has 0 unspecified atom stereocenters. The molecule has 0 radical (unpaired) electrons. The van der Waals surface area contributed by atoms with Crippen molar-refractivity contribution in [1.82, 2.24) is 4.98 Å². The number of halogens is 3. The predicted octanol–water partition coefficient (Wildman–Crippen LogP) is 4.04. The van der Waals surface area contributed by atoms with Crippen LogP contribution in [0.25, 0.3) is 11.3 Å². The lowest BCUT2D eigenvalue weighted by atomic mass is 10.1. The largest absolute Gasteiger partial charge is 0.457 e. The molecule has 0 bridgehead atoms. The van der Waals surface area contributed by atoms with Crippen molar-refractivity contribution >= 4 is 18.0 Å². The molecule has 152 valence electrons. The Morgan fingerprint density at radius 2 is 1.70 bits per heavy atom. The quantitative estimate of drug-likeness (QED) is 0.373. The van der Waals surface area contributed by atoms with Gasteiger partial charge in [0.2, 0.25) is 5.78 Å². The highest BCUT2D eigenvalue weighted by Crippen LogP contribution is 2.34. The van der Waals surface area contributed by atoms with Gasteiger partial charge in [-0.1, -0.05) is 6.07 Å². The topological polar surface area (TPSA) is 99.4 Å². The SMILES string of the molecule is NC(=O)c1cccc(-c2ccc(Oc3ccc(C(F)(F)F)cc3C(=O)C=O)cc2)n1. The highest BCUT2D eigenvalue weighted by Gasteiger charge is 2.32. The molecule has 0 spiro atoms. The first-order chi connectivity index (χ1) is 14.2. The second-order valence-corrected chi connectivity index (χ2v) is 6.09. The molecule has 9 heteroatoms. The number of carbonyl (C=O) groups is 3. The fraction of sp³-hybridized carbons (Fsp3) is 0.0476. The second-order valence-electron chi connectivity index (χ2n) is 6.09. The number of ether oxygens (including phenoxy) is 1. The van der Waals surface area contributed by atoms with E-state index in [1.54, 1.807) is 24.3 Å². The maximum atomic E-state index is 12.9. The van der Waals surface area contributed by atoms with Crippen LogP contribution in [0.2, 0.25) is 0 Å². The van der Waals surface area contributed by atoms with Crippen LogP contribution in [-0.4, -0.2) is 23.0 Å². The van der Waals surface area contributed by atoms with Crippen LogP contribution in [0.5, 0.6) is 11.5 Å². The molecule has 2 aromatic carbocycles. The minimum atomic E-state index is -4.68. The Kier molecular flexibility index (Phi) is 5.63. The van der Waals surface area contributed by atoms with E-state index in [1.807, 2.05) is 0 Å². The lowest BCUT2D eigenvalue weighted by Crippen LogP contribution is -2.12. The Balaban J connectivity index is 1.90. The number of nitrogens with zero attached hydrogens (tertiary/aromatic N) is 1. The Morgan fingerprint density at radius 1 is 1.00 bits per heavy atom. The van der Waals surface area contributed by atoms with Gasteiger partial charge in [0.15, 0.2) is 6.29 Å². The van der Waals surface area contributed by atoms with Gasteiger partial charge in [0, 0.05) is 5.56 Å². The van der Waals surface area contributed by atoms with Crippen LogP contribution in [0, 0.1) is 0 Å². The third-order valence-electron chi connectivity index (χ3n) is 4.06. The summed E-state index contributed by atoms with van der Waals surface area (Å²) in [7, 11) is 0. The van der Waals surface area contributed by atoms with E-state index < -0.39 is 29.0 Å². The molecule has 1 aromatic heterocycles. The Morgan fingerprint density at radius 3 is 2.30 bits per heavy atom. The van der Waals surface area contributed by atoms with E-state index in [-0.39, 0.29) is 23.5 Å². The van der Waals surface area contributed by atoms with Crippen molar-refractivity contribution in [2.75, 3.05) is 0 Å². The zero-order valence-electron chi connectivity index (χ0n) is 15.1. The summed E-state index contributed by atoms with van der Waals surface area (Å²) in [4.78, 5) is 38.0. The van der Waals surface area contributed by atoms with E-state index in [2.05, 4.69) is 4.98 Å². The summed E-state index contributed by atoms with van der Waals surface area (Å²) >= 11 is 0. The number of primary amides is 1. The molecule has 3 aromatic rings. The lowest BCUT2D eigenvalue weighted by Gasteiger charge is -2.13. The summed E-state index contributed by atoms with van der Waals surface area (Å²) in [6.07, 6.45) is -4.76. The zero-order valence-corrected chi connectivity index (χ0v) is 15.1. The van der Waals surface area contributed by atoms with E-state index in [0.717, 1.165) is 12.1 Å². The van der Waals surface area contributed by atoms with Crippen LogP contribution in [0.1, 0.15) is 26.4 Å². The molecule has 0 aliphatic rings. The minimum Gasteiger partial charge on any atom is -0.457 e. The van der Waals surface area contributed by atoms with E-state index in [9.17, 15) is 27.6 Å². The molecule has 0 aliphatic carbocycles. The molecule has 0 atom stereocenters. The minimum absolute atomic E-state index is 0.0805. The van der Waals surface area contributed by atoms with Crippen molar-refractivity contribution in [1.29, 1.82) is 0 Å². The van der Waals surface area contributed by atoms with Crippen LogP contribution in [0.15, 0.2) is 60.7 Å². The lowest BCUT2D eigenvalue weighted by molar-refractivity contribution is -0.137. The molecule has 1 amide bonds. The molecule has 6 nitrogen and oxygen atoms in total. The summed E-state index contributed by atoms with van der Waals surface area (Å²) in [5, 5.41) is 0. The third-order valence-corrected chi connectivity index (χ3v) is 4.06. The van der Waals surface area contributed by atoms with Crippen molar-refractivity contribution in [3.63, 3.8) is 0 Å². The van der Waals surface area contributed by atoms with Crippen LogP contribution >= 0.6 is 0 Å². The number of ketones is 1. The van der Waals surface area contributed by atoms with E-state index in [0.29, 0.717) is 17.3 Å². The molecule has 0 fully saturated rings. The summed E-state index contributed by atoms with van der Waals surface area (Å²) in [6, 6.07) is 13.3. The van der Waals surface area contributed by atoms with Crippen LogP contribution in [-0.2, 0) is 11.0 Å². The highest BCUT2D eigenvalue weighted by atomic mass is 19.4. The Bertz CT molecular complexity index is 1130. The van der Waals surface area contributed by atoms with Crippen molar-refractivity contribution in [3.8, 4) is 22.8 Å². The number of carbonyl (C=O) groups excluding carboxylic acids is 3. The average Bonchev–Trinajstić information content (AvgIpc) is 2.73. The van der Waals surface area contributed by atoms with Gasteiger partial charge in [-0.15, -0.1) is 0 Å². The number of hydrogen-bond donors (Lipinski definition) is 1. The van der Waals surface area contributed by atoms with Crippen molar-refractivity contribution in [3.05, 3.63) is 77.5 Å². The van der Waals surface area contributed by atoms with Gasteiger partial charge in [-0.25, -0.2) is 4.98 Å². The molecule has 0 saturated heterocycles. The van der Waals surface area contributed by atoms with Crippen molar-refractivity contribution < 1.29 is 32.3 Å². The number of nitrogens with two attached hydrogens (primary N) is 1. The number of Topliss-reactive ketones (excluding diaryl/α,β-unsaturated/α-hetero) is 1. The predicted molar refractivity (Wildman–Crippen MR) is 100 cm³/mol. The Hall–Kier alpha value is -4.01. The molecule has 2 N–H and O–H groups in total. The van der Waals surface area contributed by atoms with Gasteiger partial charge in [-0.05, 0) is 54.6 Å².